The van der Waals surface area contributed by atoms with Gasteiger partial charge in [0.05, 0.1) is 0 Å². The fraction of sp³-hybridized carbons (Fsp3) is 0.556. The summed E-state index contributed by atoms with van der Waals surface area (Å²) in [7, 11) is -0.757. The van der Waals surface area contributed by atoms with Gasteiger partial charge in [0, 0.05) is 41.2 Å². The highest BCUT2D eigenvalue weighted by molar-refractivity contribution is 7.84. The van der Waals surface area contributed by atoms with Crippen LogP contribution in [0.1, 0.15) is 13.3 Å². The number of hydrogen-bond acceptors (Lipinski definition) is 5. The summed E-state index contributed by atoms with van der Waals surface area (Å²) in [5.74, 6) is 1.66. The lowest BCUT2D eigenvalue weighted by Gasteiger charge is -2.14. The van der Waals surface area contributed by atoms with Gasteiger partial charge in [-0.3, -0.25) is 4.21 Å². The molecule has 2 atom stereocenters. The van der Waals surface area contributed by atoms with Crippen LogP contribution < -0.4 is 11.1 Å². The SMILES string of the molecule is CC(CCS(C)=O)Nc1nccnc1N. The number of nitrogens with two attached hydrogens (primary N) is 1. The van der Waals surface area contributed by atoms with Crippen molar-refractivity contribution >= 4 is 22.4 Å². The van der Waals surface area contributed by atoms with Crippen LogP contribution in [0.2, 0.25) is 0 Å². The molecule has 2 unspecified atom stereocenters. The van der Waals surface area contributed by atoms with Gasteiger partial charge >= 0.3 is 0 Å². The molecule has 0 saturated carbocycles. The van der Waals surface area contributed by atoms with Crippen LogP contribution >= 0.6 is 0 Å². The predicted molar refractivity (Wildman–Crippen MR) is 63.1 cm³/mol. The van der Waals surface area contributed by atoms with Crippen LogP contribution in [0, 0.1) is 0 Å². The molecule has 0 bridgehead atoms. The number of rotatable bonds is 5. The lowest BCUT2D eigenvalue weighted by molar-refractivity contribution is 0.678. The summed E-state index contributed by atoms with van der Waals surface area (Å²) in [6, 6.07) is 0.188. The highest BCUT2D eigenvalue weighted by Gasteiger charge is 2.06. The third-order valence-electron chi connectivity index (χ3n) is 1.95. The minimum absolute atomic E-state index is 0.188. The Balaban J connectivity index is 2.47. The van der Waals surface area contributed by atoms with Crippen LogP contribution in [0.5, 0.6) is 0 Å². The Kier molecular flexibility index (Phi) is 4.48. The highest BCUT2D eigenvalue weighted by atomic mass is 32.2. The topological polar surface area (TPSA) is 80.9 Å². The second kappa shape index (κ2) is 5.65. The van der Waals surface area contributed by atoms with Gasteiger partial charge in [0.15, 0.2) is 11.6 Å². The molecule has 0 aliphatic heterocycles. The summed E-state index contributed by atoms with van der Waals surface area (Å²) in [5.41, 5.74) is 5.63. The molecule has 15 heavy (non-hydrogen) atoms. The van der Waals surface area contributed by atoms with Crippen molar-refractivity contribution in [2.45, 2.75) is 19.4 Å². The zero-order chi connectivity index (χ0) is 11.3. The van der Waals surface area contributed by atoms with E-state index in [1.54, 1.807) is 18.6 Å². The lowest BCUT2D eigenvalue weighted by atomic mass is 10.2. The molecule has 0 aliphatic carbocycles. The largest absolute Gasteiger partial charge is 0.381 e. The van der Waals surface area contributed by atoms with Gasteiger partial charge in [-0.2, -0.15) is 0 Å². The summed E-state index contributed by atoms with van der Waals surface area (Å²) in [4.78, 5) is 7.99. The summed E-state index contributed by atoms with van der Waals surface area (Å²) in [5, 5.41) is 3.13. The first-order valence-corrected chi connectivity index (χ1v) is 6.45. The van der Waals surface area contributed by atoms with Gasteiger partial charge in [0.2, 0.25) is 0 Å². The Morgan fingerprint density at radius 2 is 2.20 bits per heavy atom. The Bertz CT molecular complexity index is 345. The summed E-state index contributed by atoms with van der Waals surface area (Å²) in [6.07, 6.45) is 5.65. The predicted octanol–water partition coefficient (Wildman–Crippen LogP) is 0.628. The first-order valence-electron chi connectivity index (χ1n) is 4.72. The molecule has 3 N–H and O–H groups in total. The van der Waals surface area contributed by atoms with E-state index in [9.17, 15) is 4.21 Å². The molecule has 0 fully saturated rings. The molecule has 1 heterocycles. The van der Waals surface area contributed by atoms with E-state index in [1.807, 2.05) is 6.92 Å². The fourth-order valence-corrected chi connectivity index (χ4v) is 1.79. The first kappa shape index (κ1) is 11.9. The molecule has 0 aromatic carbocycles. The molecule has 0 amide bonds. The van der Waals surface area contributed by atoms with E-state index in [1.165, 1.54) is 0 Å². The molecule has 6 heteroatoms. The molecule has 1 aromatic rings. The standard InChI is InChI=1S/C9H16N4OS/c1-7(3-6-15(2)14)13-9-8(10)11-4-5-12-9/h4-5,7H,3,6H2,1-2H3,(H2,10,11)(H,12,13). The number of nitrogen functional groups attached to an aromatic ring is 1. The van der Waals surface area contributed by atoms with Gasteiger partial charge < -0.3 is 11.1 Å². The Hall–Kier alpha value is -1.17. The van der Waals surface area contributed by atoms with Crippen molar-refractivity contribution in [3.05, 3.63) is 12.4 Å². The third-order valence-corrected chi connectivity index (χ3v) is 2.76. The van der Waals surface area contributed by atoms with Gasteiger partial charge in [0.1, 0.15) is 0 Å². The summed E-state index contributed by atoms with van der Waals surface area (Å²) >= 11 is 0. The maximum absolute atomic E-state index is 10.9. The Labute approximate surface area is 92.0 Å². The van der Waals surface area contributed by atoms with Gasteiger partial charge in [-0.25, -0.2) is 9.97 Å². The second-order valence-corrected chi connectivity index (χ2v) is 4.96. The molecule has 0 spiro atoms. The van der Waals surface area contributed by atoms with E-state index in [0.717, 1.165) is 6.42 Å². The summed E-state index contributed by atoms with van der Waals surface area (Å²) in [6.45, 7) is 2.00. The second-order valence-electron chi connectivity index (χ2n) is 3.40. The molecule has 0 aliphatic rings. The first-order chi connectivity index (χ1) is 7.09. The maximum Gasteiger partial charge on any atom is 0.169 e. The zero-order valence-electron chi connectivity index (χ0n) is 8.93. The number of hydrogen-bond donors (Lipinski definition) is 2. The molecular formula is C9H16N4OS. The molecular weight excluding hydrogens is 212 g/mol. The molecule has 0 saturated heterocycles. The van der Waals surface area contributed by atoms with Gasteiger partial charge in [-0.1, -0.05) is 0 Å². The van der Waals surface area contributed by atoms with Crippen molar-refractivity contribution in [3.8, 4) is 0 Å². The van der Waals surface area contributed by atoms with E-state index in [4.69, 9.17) is 5.73 Å². The Morgan fingerprint density at radius 3 is 2.80 bits per heavy atom. The van der Waals surface area contributed by atoms with E-state index in [0.29, 0.717) is 17.4 Å². The zero-order valence-corrected chi connectivity index (χ0v) is 9.75. The number of aromatic nitrogens is 2. The van der Waals surface area contributed by atoms with Crippen molar-refractivity contribution in [2.75, 3.05) is 23.1 Å². The average molecular weight is 228 g/mol. The van der Waals surface area contributed by atoms with Crippen LogP contribution in [0.15, 0.2) is 12.4 Å². The van der Waals surface area contributed by atoms with Gasteiger partial charge in [0.25, 0.3) is 0 Å². The van der Waals surface area contributed by atoms with E-state index in [2.05, 4.69) is 15.3 Å². The molecule has 1 rings (SSSR count). The van der Waals surface area contributed by atoms with Crippen LogP contribution in [0.3, 0.4) is 0 Å². The number of nitrogens with one attached hydrogen (secondary N) is 1. The van der Waals surface area contributed by atoms with E-state index >= 15 is 0 Å². The van der Waals surface area contributed by atoms with Crippen molar-refractivity contribution in [1.29, 1.82) is 0 Å². The molecule has 5 nitrogen and oxygen atoms in total. The quantitative estimate of drug-likeness (QED) is 0.772. The fourth-order valence-electron chi connectivity index (χ4n) is 1.11. The minimum atomic E-state index is -0.757. The van der Waals surface area contributed by atoms with Crippen molar-refractivity contribution in [1.82, 2.24) is 9.97 Å². The minimum Gasteiger partial charge on any atom is -0.381 e. The van der Waals surface area contributed by atoms with Gasteiger partial charge in [-0.05, 0) is 13.3 Å². The summed E-state index contributed by atoms with van der Waals surface area (Å²) < 4.78 is 10.9. The molecule has 1 aromatic heterocycles. The number of anilines is 2. The Morgan fingerprint density at radius 1 is 1.53 bits per heavy atom. The monoisotopic (exact) mass is 228 g/mol. The smallest absolute Gasteiger partial charge is 0.169 e. The normalized spacial score (nSPS) is 14.5. The van der Waals surface area contributed by atoms with Crippen molar-refractivity contribution < 1.29 is 4.21 Å². The third kappa shape index (κ3) is 4.24. The van der Waals surface area contributed by atoms with Crippen LogP contribution in [0.4, 0.5) is 11.6 Å². The van der Waals surface area contributed by atoms with Crippen LogP contribution in [-0.2, 0) is 10.8 Å². The average Bonchev–Trinajstić information content (AvgIpc) is 2.18. The van der Waals surface area contributed by atoms with Crippen LogP contribution in [-0.4, -0.2) is 32.2 Å². The maximum atomic E-state index is 10.9. The van der Waals surface area contributed by atoms with E-state index in [-0.39, 0.29) is 6.04 Å². The number of nitrogens with zero attached hydrogens (tertiary/aromatic N) is 2. The molecule has 0 radical (unpaired) electrons. The highest BCUT2D eigenvalue weighted by Crippen LogP contribution is 2.11. The van der Waals surface area contributed by atoms with Crippen molar-refractivity contribution in [3.63, 3.8) is 0 Å². The molecule has 84 valence electrons. The van der Waals surface area contributed by atoms with Gasteiger partial charge in [-0.15, -0.1) is 0 Å². The van der Waals surface area contributed by atoms with Crippen LogP contribution in [0.25, 0.3) is 0 Å². The lowest BCUT2D eigenvalue weighted by Crippen LogP contribution is -2.19. The van der Waals surface area contributed by atoms with E-state index < -0.39 is 10.8 Å². The van der Waals surface area contributed by atoms with Crippen molar-refractivity contribution in [2.24, 2.45) is 0 Å².